The van der Waals surface area contributed by atoms with E-state index in [0.29, 0.717) is 19.3 Å². The lowest BCUT2D eigenvalue weighted by Gasteiger charge is -2.35. The third-order valence-electron chi connectivity index (χ3n) is 5.55. The third-order valence-corrected chi connectivity index (χ3v) is 5.55. The summed E-state index contributed by atoms with van der Waals surface area (Å²) in [7, 11) is -2.32. The largest absolute Gasteiger partial charge is 0.637 e. The maximum absolute atomic E-state index is 9.46. The zero-order valence-electron chi connectivity index (χ0n) is 19.7. The summed E-state index contributed by atoms with van der Waals surface area (Å²) in [5.41, 5.74) is 0. The fourth-order valence-electron chi connectivity index (χ4n) is 3.88. The molecule has 0 bridgehead atoms. The normalized spacial score (nSPS) is 30.2. The van der Waals surface area contributed by atoms with Gasteiger partial charge in [-0.3, -0.25) is 0 Å². The van der Waals surface area contributed by atoms with Crippen molar-refractivity contribution in [3.8, 4) is 0 Å². The van der Waals surface area contributed by atoms with E-state index in [1.807, 2.05) is 20.8 Å². The summed E-state index contributed by atoms with van der Waals surface area (Å²) in [5.74, 6) is 0. The predicted molar refractivity (Wildman–Crippen MR) is 119 cm³/mol. The molecule has 0 saturated carbocycles. The van der Waals surface area contributed by atoms with Crippen LogP contribution in [-0.2, 0) is 18.6 Å². The second kappa shape index (κ2) is 15.6. The van der Waals surface area contributed by atoms with Crippen molar-refractivity contribution in [2.24, 2.45) is 0 Å². The monoisotopic (exact) mass is 464 g/mol. The van der Waals surface area contributed by atoms with E-state index >= 15 is 0 Å². The smallest absolute Gasteiger partial charge is 0.402 e. The van der Waals surface area contributed by atoms with E-state index in [0.717, 1.165) is 12.8 Å². The lowest BCUT2D eigenvalue weighted by molar-refractivity contribution is -0.0602. The van der Waals surface area contributed by atoms with Crippen molar-refractivity contribution in [1.82, 2.24) is 0 Å². The van der Waals surface area contributed by atoms with E-state index in [2.05, 4.69) is 0 Å². The Bertz CT molecular complexity index is 479. The third kappa shape index (κ3) is 12.8. The van der Waals surface area contributed by atoms with E-state index in [1.165, 1.54) is 0 Å². The first kappa shape index (κ1) is 29.8. The van der Waals surface area contributed by atoms with Crippen LogP contribution in [0.4, 0.5) is 0 Å². The van der Waals surface area contributed by atoms with Crippen LogP contribution in [-0.4, -0.2) is 93.9 Å². The molecule has 188 valence electrons. The summed E-state index contributed by atoms with van der Waals surface area (Å²) < 4.78 is 20.9. The predicted octanol–water partition coefficient (Wildman–Crippen LogP) is 0.139. The van der Waals surface area contributed by atoms with Gasteiger partial charge in [-0.05, 0) is 65.2 Å². The van der Waals surface area contributed by atoms with Crippen molar-refractivity contribution in [2.75, 3.05) is 0 Å². The molecule has 0 aliphatic carbocycles. The first-order valence-electron chi connectivity index (χ1n) is 11.7. The molecule has 8 atom stereocenters. The van der Waals surface area contributed by atoms with Gasteiger partial charge in [0.25, 0.3) is 0 Å². The lowest BCUT2D eigenvalue weighted by Crippen LogP contribution is -2.46. The number of rotatable bonds is 10. The Morgan fingerprint density at radius 3 is 1.78 bits per heavy atom. The Balaban J connectivity index is 0.000000333. The minimum Gasteiger partial charge on any atom is -0.402 e. The molecule has 8 unspecified atom stereocenters. The molecule has 2 aliphatic heterocycles. The van der Waals surface area contributed by atoms with Gasteiger partial charge in [0, 0.05) is 12.2 Å². The second-order valence-electron chi connectivity index (χ2n) is 8.88. The summed E-state index contributed by atoms with van der Waals surface area (Å²) in [4.78, 5) is 0. The molecule has 2 fully saturated rings. The van der Waals surface area contributed by atoms with Crippen molar-refractivity contribution in [1.29, 1.82) is 0 Å². The van der Waals surface area contributed by atoms with Crippen LogP contribution in [0, 0.1) is 0 Å². The minimum atomic E-state index is -1.16. The number of hydrogen-bond acceptors (Lipinski definition) is 10. The van der Waals surface area contributed by atoms with E-state index in [9.17, 15) is 25.4 Å². The SMILES string of the molecule is CCC(O)CC(O)CC(O)CC(C)O.CCC1CC(CC2CC(C)OB(O)O2)OB(O)O1. The van der Waals surface area contributed by atoms with Crippen molar-refractivity contribution in [3.63, 3.8) is 0 Å². The standard InChI is InChI=1S/C10H20B2O6.C10H22O4/c1-3-8-5-10(18-12(14)16-8)6-9-4-7(2)15-11(13)17-9;1-3-8(12)5-10(14)6-9(13)4-7(2)11/h7-10,13-14H,3-6H2,1-2H3;7-14H,3-6H2,1-2H3. The molecular weight excluding hydrogens is 422 g/mol. The summed E-state index contributed by atoms with van der Waals surface area (Å²) in [6.45, 7) is 7.34. The average Bonchev–Trinajstić information content (AvgIpc) is 2.66. The molecule has 10 nitrogen and oxygen atoms in total. The highest BCUT2D eigenvalue weighted by atomic mass is 16.7. The molecule has 2 aliphatic rings. The Morgan fingerprint density at radius 1 is 0.750 bits per heavy atom. The van der Waals surface area contributed by atoms with Crippen LogP contribution < -0.4 is 0 Å². The fourth-order valence-corrected chi connectivity index (χ4v) is 3.88. The molecule has 32 heavy (non-hydrogen) atoms. The maximum Gasteiger partial charge on any atom is 0.637 e. The van der Waals surface area contributed by atoms with Gasteiger partial charge < -0.3 is 49.1 Å². The molecular formula is C20H42B2O10. The van der Waals surface area contributed by atoms with Crippen LogP contribution in [0.2, 0.25) is 0 Å². The van der Waals surface area contributed by atoms with E-state index < -0.39 is 39.1 Å². The minimum absolute atomic E-state index is 0.0148. The summed E-state index contributed by atoms with van der Waals surface area (Å²) in [5, 5.41) is 55.8. The van der Waals surface area contributed by atoms with Gasteiger partial charge in [-0.2, -0.15) is 0 Å². The van der Waals surface area contributed by atoms with Crippen LogP contribution in [0.5, 0.6) is 0 Å². The second-order valence-corrected chi connectivity index (χ2v) is 8.88. The Morgan fingerprint density at radius 2 is 1.25 bits per heavy atom. The maximum atomic E-state index is 9.46. The molecule has 0 radical (unpaired) electrons. The quantitative estimate of drug-likeness (QED) is 0.246. The molecule has 2 heterocycles. The average molecular weight is 464 g/mol. The Labute approximate surface area is 192 Å². The zero-order chi connectivity index (χ0) is 24.3. The molecule has 0 aromatic carbocycles. The van der Waals surface area contributed by atoms with Crippen molar-refractivity contribution < 1.29 is 49.1 Å². The molecule has 2 rings (SSSR count). The number of aliphatic hydroxyl groups is 4. The van der Waals surface area contributed by atoms with Crippen molar-refractivity contribution in [3.05, 3.63) is 0 Å². The molecule has 12 heteroatoms. The summed E-state index contributed by atoms with van der Waals surface area (Å²) >= 11 is 0. The molecule has 2 saturated heterocycles. The summed E-state index contributed by atoms with van der Waals surface area (Å²) in [6, 6.07) is 0. The molecule has 0 amide bonds. The van der Waals surface area contributed by atoms with E-state index in [1.54, 1.807) is 6.92 Å². The molecule has 0 aromatic rings. The fraction of sp³-hybridized carbons (Fsp3) is 1.00. The summed E-state index contributed by atoms with van der Waals surface area (Å²) in [6.07, 6.45) is 1.56. The zero-order valence-corrected chi connectivity index (χ0v) is 19.7. The first-order valence-corrected chi connectivity index (χ1v) is 11.7. The molecule has 6 N–H and O–H groups in total. The van der Waals surface area contributed by atoms with Crippen molar-refractivity contribution in [2.45, 2.75) is 128 Å². The van der Waals surface area contributed by atoms with E-state index in [4.69, 9.17) is 23.7 Å². The van der Waals surface area contributed by atoms with Gasteiger partial charge in [0.2, 0.25) is 0 Å². The van der Waals surface area contributed by atoms with Gasteiger partial charge in [0.1, 0.15) is 0 Å². The first-order chi connectivity index (χ1) is 15.0. The van der Waals surface area contributed by atoms with Crippen LogP contribution in [0.1, 0.15) is 79.1 Å². The topological polar surface area (TPSA) is 158 Å². The van der Waals surface area contributed by atoms with Gasteiger partial charge >= 0.3 is 14.6 Å². The van der Waals surface area contributed by atoms with Crippen LogP contribution in [0.3, 0.4) is 0 Å². The highest BCUT2D eigenvalue weighted by Gasteiger charge is 2.37. The van der Waals surface area contributed by atoms with Gasteiger partial charge in [0.05, 0.1) is 36.6 Å². The highest BCUT2D eigenvalue weighted by molar-refractivity contribution is 6.35. The lowest BCUT2D eigenvalue weighted by atomic mass is 9.94. The molecule has 0 spiro atoms. The Hall–Kier alpha value is -0.270. The van der Waals surface area contributed by atoms with Crippen LogP contribution >= 0.6 is 0 Å². The van der Waals surface area contributed by atoms with E-state index in [-0.39, 0.29) is 43.7 Å². The van der Waals surface area contributed by atoms with Gasteiger partial charge in [-0.1, -0.05) is 13.8 Å². The highest BCUT2D eigenvalue weighted by Crippen LogP contribution is 2.26. The van der Waals surface area contributed by atoms with Crippen LogP contribution in [0.25, 0.3) is 0 Å². The van der Waals surface area contributed by atoms with Gasteiger partial charge in [0.15, 0.2) is 0 Å². The Kier molecular flexibility index (Phi) is 14.5. The van der Waals surface area contributed by atoms with Crippen molar-refractivity contribution >= 4 is 14.6 Å². The van der Waals surface area contributed by atoms with Gasteiger partial charge in [-0.15, -0.1) is 0 Å². The number of hydrogen-bond donors (Lipinski definition) is 6. The molecule has 0 aromatic heterocycles. The van der Waals surface area contributed by atoms with Crippen LogP contribution in [0.15, 0.2) is 0 Å². The van der Waals surface area contributed by atoms with Gasteiger partial charge in [-0.25, -0.2) is 0 Å². The number of aliphatic hydroxyl groups excluding tert-OH is 4.